The van der Waals surface area contributed by atoms with Gasteiger partial charge in [-0.3, -0.25) is 9.69 Å². The van der Waals surface area contributed by atoms with Gasteiger partial charge >= 0.3 is 6.09 Å². The number of amides is 2. The minimum atomic E-state index is -0.586. The third-order valence-electron chi connectivity index (χ3n) is 4.49. The maximum Gasteiger partial charge on any atom is 0.410 e. The Kier molecular flexibility index (Phi) is 5.94. The number of anilines is 1. The van der Waals surface area contributed by atoms with E-state index in [-0.39, 0.29) is 5.91 Å². The van der Waals surface area contributed by atoms with Crippen LogP contribution in [0, 0.1) is 0 Å². The van der Waals surface area contributed by atoms with Crippen molar-refractivity contribution in [3.05, 3.63) is 53.6 Å². The molecule has 0 unspecified atom stereocenters. The number of nitrogens with one attached hydrogen (secondary N) is 1. The van der Waals surface area contributed by atoms with Crippen LogP contribution in [-0.4, -0.2) is 35.1 Å². The van der Waals surface area contributed by atoms with E-state index in [0.717, 1.165) is 17.5 Å². The normalized spacial score (nSPS) is 16.7. The van der Waals surface area contributed by atoms with Crippen molar-refractivity contribution >= 4 is 29.3 Å². The molecule has 28 heavy (non-hydrogen) atoms. The molecule has 3 rings (SSSR count). The van der Waals surface area contributed by atoms with Crippen molar-refractivity contribution in [3.8, 4) is 11.1 Å². The molecule has 6 heteroatoms. The quantitative estimate of drug-likeness (QED) is 0.755. The minimum absolute atomic E-state index is 0.195. The molecular formula is C22H25ClN2O3. The van der Waals surface area contributed by atoms with E-state index in [0.29, 0.717) is 23.7 Å². The van der Waals surface area contributed by atoms with Gasteiger partial charge in [-0.15, -0.1) is 0 Å². The molecule has 2 aromatic carbocycles. The first-order valence-corrected chi connectivity index (χ1v) is 9.77. The summed E-state index contributed by atoms with van der Waals surface area (Å²) >= 11 is 6.05. The number of likely N-dealkylation sites (tertiary alicyclic amines) is 1. The zero-order valence-corrected chi connectivity index (χ0v) is 17.1. The van der Waals surface area contributed by atoms with Gasteiger partial charge in [0, 0.05) is 17.3 Å². The second-order valence-corrected chi connectivity index (χ2v) is 8.35. The van der Waals surface area contributed by atoms with Gasteiger partial charge in [-0.25, -0.2) is 4.79 Å². The van der Waals surface area contributed by atoms with Crippen molar-refractivity contribution in [1.82, 2.24) is 4.90 Å². The lowest BCUT2D eigenvalue weighted by molar-refractivity contribution is -0.120. The Balaban J connectivity index is 1.66. The maximum absolute atomic E-state index is 12.7. The number of carbonyl (C=O) groups is 2. The average molecular weight is 401 g/mol. The maximum atomic E-state index is 12.7. The molecule has 0 bridgehead atoms. The molecule has 148 valence electrons. The summed E-state index contributed by atoms with van der Waals surface area (Å²) in [6, 6.07) is 14.7. The van der Waals surface area contributed by atoms with E-state index < -0.39 is 17.7 Å². The van der Waals surface area contributed by atoms with Crippen molar-refractivity contribution in [2.75, 3.05) is 11.9 Å². The average Bonchev–Trinajstić information content (AvgIpc) is 3.11. The molecule has 0 saturated carbocycles. The Morgan fingerprint density at radius 1 is 1.11 bits per heavy atom. The molecule has 1 aliphatic heterocycles. The van der Waals surface area contributed by atoms with Gasteiger partial charge in [0.25, 0.3) is 0 Å². The molecule has 1 fully saturated rings. The third-order valence-corrected chi connectivity index (χ3v) is 4.73. The second kappa shape index (κ2) is 8.23. The van der Waals surface area contributed by atoms with Crippen molar-refractivity contribution in [2.45, 2.75) is 45.3 Å². The molecular weight excluding hydrogens is 376 g/mol. The highest BCUT2D eigenvalue weighted by Crippen LogP contribution is 2.25. The first kappa shape index (κ1) is 20.2. The smallest absolute Gasteiger partial charge is 0.410 e. The molecule has 1 heterocycles. The van der Waals surface area contributed by atoms with Crippen LogP contribution in [0.5, 0.6) is 0 Å². The Labute approximate surface area is 170 Å². The van der Waals surface area contributed by atoms with Crippen molar-refractivity contribution < 1.29 is 14.3 Å². The van der Waals surface area contributed by atoms with Crippen molar-refractivity contribution in [1.29, 1.82) is 0 Å². The fraction of sp³-hybridized carbons (Fsp3) is 0.364. The summed E-state index contributed by atoms with van der Waals surface area (Å²) < 4.78 is 5.42. The number of hydrogen-bond donors (Lipinski definition) is 1. The number of rotatable bonds is 3. The number of ether oxygens (including phenoxy) is 1. The summed E-state index contributed by atoms with van der Waals surface area (Å²) in [6.45, 7) is 5.98. The summed E-state index contributed by atoms with van der Waals surface area (Å²) in [5.41, 5.74) is 2.12. The van der Waals surface area contributed by atoms with Crippen LogP contribution in [0.2, 0.25) is 5.02 Å². The van der Waals surface area contributed by atoms with E-state index in [9.17, 15) is 9.59 Å². The third kappa shape index (κ3) is 5.04. The molecule has 2 aromatic rings. The van der Waals surface area contributed by atoms with Crippen LogP contribution >= 0.6 is 11.6 Å². The van der Waals surface area contributed by atoms with E-state index in [1.807, 2.05) is 69.3 Å². The lowest BCUT2D eigenvalue weighted by atomic mass is 10.1. The van der Waals surface area contributed by atoms with E-state index in [4.69, 9.17) is 16.3 Å². The van der Waals surface area contributed by atoms with Gasteiger partial charge in [-0.1, -0.05) is 35.9 Å². The predicted molar refractivity (Wildman–Crippen MR) is 111 cm³/mol. The molecule has 1 atom stereocenters. The molecule has 1 saturated heterocycles. The molecule has 0 spiro atoms. The first-order valence-electron chi connectivity index (χ1n) is 9.39. The Morgan fingerprint density at radius 3 is 2.46 bits per heavy atom. The van der Waals surface area contributed by atoms with Crippen molar-refractivity contribution in [3.63, 3.8) is 0 Å². The van der Waals surface area contributed by atoms with Gasteiger partial charge < -0.3 is 10.1 Å². The largest absolute Gasteiger partial charge is 0.444 e. The van der Waals surface area contributed by atoms with Gasteiger partial charge in [0.2, 0.25) is 5.91 Å². The topological polar surface area (TPSA) is 58.6 Å². The second-order valence-electron chi connectivity index (χ2n) is 7.91. The number of benzene rings is 2. The van der Waals surface area contributed by atoms with Crippen LogP contribution < -0.4 is 5.32 Å². The van der Waals surface area contributed by atoms with Gasteiger partial charge in [0.1, 0.15) is 11.6 Å². The molecule has 1 N–H and O–H groups in total. The lowest BCUT2D eigenvalue weighted by Crippen LogP contribution is -2.45. The minimum Gasteiger partial charge on any atom is -0.444 e. The Morgan fingerprint density at radius 2 is 1.82 bits per heavy atom. The predicted octanol–water partition coefficient (Wildman–Crippen LogP) is 5.35. The van der Waals surface area contributed by atoms with Crippen molar-refractivity contribution in [2.24, 2.45) is 0 Å². The Hall–Kier alpha value is -2.53. The van der Waals surface area contributed by atoms with Crippen LogP contribution in [0.4, 0.5) is 10.5 Å². The van der Waals surface area contributed by atoms with Gasteiger partial charge in [0.05, 0.1) is 0 Å². The van der Waals surface area contributed by atoms with Gasteiger partial charge in [0.15, 0.2) is 0 Å². The summed E-state index contributed by atoms with van der Waals surface area (Å²) in [6.07, 6.45) is 0.970. The monoisotopic (exact) mass is 400 g/mol. The van der Waals surface area contributed by atoms with Crippen LogP contribution in [0.1, 0.15) is 33.6 Å². The van der Waals surface area contributed by atoms with Gasteiger partial charge in [-0.05, 0) is 69.0 Å². The SMILES string of the molecule is CC(C)(C)OC(=O)N1CCC[C@@H]1C(=O)Nc1ccc(-c2cccc(Cl)c2)cc1. The van der Waals surface area contributed by atoms with E-state index in [1.165, 1.54) is 4.90 Å². The summed E-state index contributed by atoms with van der Waals surface area (Å²) in [7, 11) is 0. The molecule has 5 nitrogen and oxygen atoms in total. The van der Waals surface area contributed by atoms with Crippen LogP contribution in [-0.2, 0) is 9.53 Å². The molecule has 0 aliphatic carbocycles. The number of carbonyl (C=O) groups excluding carboxylic acids is 2. The fourth-order valence-electron chi connectivity index (χ4n) is 3.22. The number of hydrogen-bond acceptors (Lipinski definition) is 3. The molecule has 0 aromatic heterocycles. The standard InChI is InChI=1S/C22H25ClN2O3/c1-22(2,3)28-21(27)25-13-5-8-19(25)20(26)24-18-11-9-15(10-12-18)16-6-4-7-17(23)14-16/h4,6-7,9-12,14,19H,5,8,13H2,1-3H3,(H,24,26)/t19-/m1/s1. The summed E-state index contributed by atoms with van der Waals surface area (Å²) in [5, 5.41) is 3.59. The summed E-state index contributed by atoms with van der Waals surface area (Å²) in [4.78, 5) is 26.6. The van der Waals surface area contributed by atoms with E-state index in [1.54, 1.807) is 0 Å². The zero-order chi connectivity index (χ0) is 20.3. The van der Waals surface area contributed by atoms with Gasteiger partial charge in [-0.2, -0.15) is 0 Å². The molecule has 0 radical (unpaired) electrons. The van der Waals surface area contributed by atoms with Crippen LogP contribution in [0.3, 0.4) is 0 Å². The molecule has 1 aliphatic rings. The number of nitrogens with zero attached hydrogens (tertiary/aromatic N) is 1. The Bertz CT molecular complexity index is 859. The number of halogens is 1. The highest BCUT2D eigenvalue weighted by atomic mass is 35.5. The first-order chi connectivity index (χ1) is 13.2. The van der Waals surface area contributed by atoms with Crippen LogP contribution in [0.15, 0.2) is 48.5 Å². The summed E-state index contributed by atoms with van der Waals surface area (Å²) in [5.74, 6) is -0.195. The molecule has 2 amide bonds. The highest BCUT2D eigenvalue weighted by molar-refractivity contribution is 6.30. The van der Waals surface area contributed by atoms with E-state index >= 15 is 0 Å². The zero-order valence-electron chi connectivity index (χ0n) is 16.4. The fourth-order valence-corrected chi connectivity index (χ4v) is 3.41. The van der Waals surface area contributed by atoms with E-state index in [2.05, 4.69) is 5.32 Å². The lowest BCUT2D eigenvalue weighted by Gasteiger charge is -2.28. The van der Waals surface area contributed by atoms with Crippen LogP contribution in [0.25, 0.3) is 11.1 Å². The highest BCUT2D eigenvalue weighted by Gasteiger charge is 2.36.